The maximum Gasteiger partial charge on any atom is 0.141 e. The second-order valence-electron chi connectivity index (χ2n) is 5.56. The molecule has 0 amide bonds. The van der Waals surface area contributed by atoms with Crippen LogP contribution in [0.15, 0.2) is 17.5 Å². The molecule has 2 aliphatic heterocycles. The van der Waals surface area contributed by atoms with Crippen LogP contribution in [0.2, 0.25) is 0 Å². The fraction of sp³-hybridized carbons (Fsp3) is 0.667. The maximum absolute atomic E-state index is 12.4. The number of ether oxygens (including phenoxy) is 2. The lowest BCUT2D eigenvalue weighted by Crippen LogP contribution is -2.46. The molecule has 3 rings (SSSR count). The van der Waals surface area contributed by atoms with E-state index in [1.807, 2.05) is 17.5 Å². The van der Waals surface area contributed by atoms with Crippen LogP contribution >= 0.6 is 11.3 Å². The Labute approximate surface area is 117 Å². The third kappa shape index (κ3) is 3.07. The lowest BCUT2D eigenvalue weighted by Gasteiger charge is -2.42. The average Bonchev–Trinajstić information content (AvgIpc) is 2.92. The van der Waals surface area contributed by atoms with Crippen molar-refractivity contribution >= 4 is 17.1 Å². The van der Waals surface area contributed by atoms with Gasteiger partial charge in [-0.2, -0.15) is 0 Å². The topological polar surface area (TPSA) is 35.5 Å². The summed E-state index contributed by atoms with van der Waals surface area (Å²) in [5.74, 6) is 0.561. The largest absolute Gasteiger partial charge is 0.381 e. The summed E-state index contributed by atoms with van der Waals surface area (Å²) < 4.78 is 11.4. The van der Waals surface area contributed by atoms with Crippen LogP contribution in [0.5, 0.6) is 0 Å². The van der Waals surface area contributed by atoms with Crippen LogP contribution in [-0.4, -0.2) is 31.2 Å². The SMILES string of the molecule is O=C(Cc1cccs1)C1CCOC2(CCOCC2)C1. The first-order chi connectivity index (χ1) is 9.27. The molecule has 1 aromatic rings. The molecular weight excluding hydrogens is 260 g/mol. The first-order valence-electron chi connectivity index (χ1n) is 7.04. The van der Waals surface area contributed by atoms with Gasteiger partial charge in [0.25, 0.3) is 0 Å². The van der Waals surface area contributed by atoms with Crippen LogP contribution in [0.25, 0.3) is 0 Å². The van der Waals surface area contributed by atoms with E-state index in [-0.39, 0.29) is 11.5 Å². The van der Waals surface area contributed by atoms with Crippen molar-refractivity contribution in [2.24, 2.45) is 5.92 Å². The Balaban J connectivity index is 1.62. The number of Topliss-reactive ketones (excluding diaryl/α,β-unsaturated/α-hetero) is 1. The smallest absolute Gasteiger partial charge is 0.141 e. The monoisotopic (exact) mass is 280 g/mol. The molecule has 2 aliphatic rings. The minimum Gasteiger partial charge on any atom is -0.381 e. The minimum absolute atomic E-state index is 0.0771. The third-order valence-corrected chi connectivity index (χ3v) is 5.16. The molecule has 0 aromatic carbocycles. The first kappa shape index (κ1) is 13.3. The van der Waals surface area contributed by atoms with Crippen molar-refractivity contribution in [3.8, 4) is 0 Å². The number of hydrogen-bond acceptors (Lipinski definition) is 4. The molecule has 0 radical (unpaired) electrons. The predicted octanol–water partition coefficient (Wildman–Crippen LogP) is 2.84. The van der Waals surface area contributed by atoms with Crippen LogP contribution < -0.4 is 0 Å². The van der Waals surface area contributed by atoms with Crippen molar-refractivity contribution in [1.29, 1.82) is 0 Å². The van der Waals surface area contributed by atoms with Gasteiger partial charge in [-0.1, -0.05) is 6.07 Å². The number of hydrogen-bond donors (Lipinski definition) is 0. The summed E-state index contributed by atoms with van der Waals surface area (Å²) in [6.45, 7) is 2.26. The second kappa shape index (κ2) is 5.73. The lowest BCUT2D eigenvalue weighted by molar-refractivity contribution is -0.156. The summed E-state index contributed by atoms with van der Waals surface area (Å²) >= 11 is 1.67. The Kier molecular flexibility index (Phi) is 4.01. The highest BCUT2D eigenvalue weighted by molar-refractivity contribution is 7.10. The zero-order valence-corrected chi connectivity index (χ0v) is 11.9. The second-order valence-corrected chi connectivity index (χ2v) is 6.59. The van der Waals surface area contributed by atoms with Gasteiger partial charge in [0.05, 0.1) is 5.60 Å². The van der Waals surface area contributed by atoms with Crippen molar-refractivity contribution in [2.45, 2.75) is 37.7 Å². The van der Waals surface area contributed by atoms with E-state index in [2.05, 4.69) is 0 Å². The van der Waals surface area contributed by atoms with E-state index in [9.17, 15) is 4.79 Å². The van der Waals surface area contributed by atoms with Gasteiger partial charge in [-0.05, 0) is 37.1 Å². The molecule has 1 unspecified atom stereocenters. The fourth-order valence-corrected chi connectivity index (χ4v) is 3.84. The standard InChI is InChI=1S/C15H20O3S/c16-14(10-13-2-1-9-19-13)12-3-6-18-15(11-12)4-7-17-8-5-15/h1-2,9,12H,3-8,10-11H2. The molecule has 104 valence electrons. The van der Waals surface area contributed by atoms with Gasteiger partial charge in [0.1, 0.15) is 5.78 Å². The Morgan fingerprint density at radius 2 is 2.21 bits per heavy atom. The molecule has 4 heteroatoms. The summed E-state index contributed by atoms with van der Waals surface area (Å²) in [6, 6.07) is 4.06. The quantitative estimate of drug-likeness (QED) is 0.854. The van der Waals surface area contributed by atoms with Gasteiger partial charge >= 0.3 is 0 Å². The molecule has 1 atom stereocenters. The van der Waals surface area contributed by atoms with Gasteiger partial charge in [-0.3, -0.25) is 4.79 Å². The highest BCUT2D eigenvalue weighted by Crippen LogP contribution is 2.37. The molecule has 0 aliphatic carbocycles. The van der Waals surface area contributed by atoms with E-state index in [1.54, 1.807) is 11.3 Å². The van der Waals surface area contributed by atoms with Gasteiger partial charge in [0.15, 0.2) is 0 Å². The molecule has 0 bridgehead atoms. The lowest BCUT2D eigenvalue weighted by atomic mass is 9.78. The van der Waals surface area contributed by atoms with E-state index in [0.717, 1.165) is 45.5 Å². The third-order valence-electron chi connectivity index (χ3n) is 4.28. The molecule has 0 saturated carbocycles. The van der Waals surface area contributed by atoms with E-state index in [0.29, 0.717) is 12.2 Å². The van der Waals surface area contributed by atoms with Crippen LogP contribution in [0, 0.1) is 5.92 Å². The Hall–Kier alpha value is -0.710. The summed E-state index contributed by atoms with van der Waals surface area (Å²) in [4.78, 5) is 13.6. The minimum atomic E-state index is -0.0771. The molecule has 0 N–H and O–H groups in total. The molecule has 1 aromatic heterocycles. The van der Waals surface area contributed by atoms with E-state index in [1.165, 1.54) is 4.88 Å². The summed E-state index contributed by atoms with van der Waals surface area (Å²) in [6.07, 6.45) is 4.24. The summed E-state index contributed by atoms with van der Waals surface area (Å²) in [5.41, 5.74) is -0.0771. The van der Waals surface area contributed by atoms with Crippen molar-refractivity contribution < 1.29 is 14.3 Å². The number of thiophene rings is 1. The Bertz CT molecular complexity index is 415. The molecular formula is C15H20O3S. The predicted molar refractivity (Wildman–Crippen MR) is 74.5 cm³/mol. The number of carbonyl (C=O) groups is 1. The van der Waals surface area contributed by atoms with Gasteiger partial charge in [-0.15, -0.1) is 11.3 Å². The fourth-order valence-electron chi connectivity index (χ4n) is 3.12. The number of carbonyl (C=O) groups excluding carboxylic acids is 1. The van der Waals surface area contributed by atoms with E-state index in [4.69, 9.17) is 9.47 Å². The molecule has 1 spiro atoms. The van der Waals surface area contributed by atoms with Crippen molar-refractivity contribution in [3.05, 3.63) is 22.4 Å². The maximum atomic E-state index is 12.4. The zero-order chi connectivity index (χ0) is 13.1. The highest BCUT2D eigenvalue weighted by Gasteiger charge is 2.40. The van der Waals surface area contributed by atoms with Gasteiger partial charge < -0.3 is 9.47 Å². The van der Waals surface area contributed by atoms with Crippen LogP contribution in [0.3, 0.4) is 0 Å². The molecule has 3 nitrogen and oxygen atoms in total. The van der Waals surface area contributed by atoms with Crippen molar-refractivity contribution in [1.82, 2.24) is 0 Å². The van der Waals surface area contributed by atoms with Crippen LogP contribution in [0.4, 0.5) is 0 Å². The summed E-state index contributed by atoms with van der Waals surface area (Å²) in [5, 5.41) is 2.03. The van der Waals surface area contributed by atoms with E-state index < -0.39 is 0 Å². The van der Waals surface area contributed by atoms with Gasteiger partial charge in [-0.25, -0.2) is 0 Å². The molecule has 2 fully saturated rings. The van der Waals surface area contributed by atoms with Gasteiger partial charge in [0, 0.05) is 37.0 Å². The zero-order valence-electron chi connectivity index (χ0n) is 11.1. The van der Waals surface area contributed by atoms with Gasteiger partial charge in [0.2, 0.25) is 0 Å². The molecule has 19 heavy (non-hydrogen) atoms. The highest BCUT2D eigenvalue weighted by atomic mass is 32.1. The normalized spacial score (nSPS) is 26.4. The number of rotatable bonds is 3. The van der Waals surface area contributed by atoms with E-state index >= 15 is 0 Å². The Morgan fingerprint density at radius 3 is 2.95 bits per heavy atom. The average molecular weight is 280 g/mol. The van der Waals surface area contributed by atoms with Crippen molar-refractivity contribution in [2.75, 3.05) is 19.8 Å². The van der Waals surface area contributed by atoms with Crippen LogP contribution in [-0.2, 0) is 20.7 Å². The molecule has 2 saturated heterocycles. The summed E-state index contributed by atoms with van der Waals surface area (Å²) in [7, 11) is 0. The Morgan fingerprint density at radius 1 is 1.37 bits per heavy atom. The molecule has 3 heterocycles. The number of ketones is 1. The first-order valence-corrected chi connectivity index (χ1v) is 7.92. The van der Waals surface area contributed by atoms with Crippen LogP contribution in [0.1, 0.15) is 30.6 Å². The van der Waals surface area contributed by atoms with Crippen molar-refractivity contribution in [3.63, 3.8) is 0 Å².